The Labute approximate surface area is 92.9 Å². The smallest absolute Gasteiger partial charge is 0.298 e. The predicted octanol–water partition coefficient (Wildman–Crippen LogP) is 3.28. The number of rotatable bonds is 2. The highest BCUT2D eigenvalue weighted by molar-refractivity contribution is 6.30. The number of benzene rings is 1. The van der Waals surface area contributed by atoms with Crippen molar-refractivity contribution >= 4 is 29.1 Å². The Morgan fingerprint density at radius 3 is 2.80 bits per heavy atom. The first-order chi connectivity index (χ1) is 7.08. The maximum atomic E-state index is 11.1. The van der Waals surface area contributed by atoms with Crippen molar-refractivity contribution in [2.45, 2.75) is 13.8 Å². The van der Waals surface area contributed by atoms with E-state index >= 15 is 0 Å². The number of hydrogen-bond donors (Lipinski definition) is 1. The third-order valence-corrected chi connectivity index (χ3v) is 1.62. The zero-order chi connectivity index (χ0) is 11.3. The minimum Gasteiger partial charge on any atom is -0.298 e. The first kappa shape index (κ1) is 11.5. The van der Waals surface area contributed by atoms with Crippen molar-refractivity contribution in [3.8, 4) is 0 Å². The van der Waals surface area contributed by atoms with Crippen molar-refractivity contribution in [1.29, 1.82) is 0 Å². The van der Waals surface area contributed by atoms with E-state index < -0.39 is 6.09 Å². The molecule has 0 aliphatic heterocycles. The van der Waals surface area contributed by atoms with Crippen LogP contribution in [0.1, 0.15) is 13.8 Å². The lowest BCUT2D eigenvalue weighted by Gasteiger charge is -2.02. The van der Waals surface area contributed by atoms with Gasteiger partial charge in [-0.3, -0.25) is 10.2 Å². The van der Waals surface area contributed by atoms with Crippen LogP contribution in [0.3, 0.4) is 0 Å². The Morgan fingerprint density at radius 2 is 2.20 bits per heavy atom. The molecule has 0 radical (unpaired) electrons. The number of anilines is 1. The van der Waals surface area contributed by atoms with E-state index in [1.54, 1.807) is 38.1 Å². The highest BCUT2D eigenvalue weighted by atomic mass is 35.5. The van der Waals surface area contributed by atoms with E-state index in [0.717, 1.165) is 0 Å². The molecule has 1 aromatic carbocycles. The van der Waals surface area contributed by atoms with Gasteiger partial charge >= 0.3 is 6.09 Å². The Bertz CT molecular complexity index is 387. The van der Waals surface area contributed by atoms with Crippen molar-refractivity contribution < 1.29 is 9.63 Å². The first-order valence-corrected chi connectivity index (χ1v) is 4.70. The monoisotopic (exact) mass is 226 g/mol. The van der Waals surface area contributed by atoms with Gasteiger partial charge in [-0.1, -0.05) is 22.8 Å². The molecule has 0 aliphatic carbocycles. The number of amides is 1. The maximum absolute atomic E-state index is 11.1. The number of carbonyl (C=O) groups is 1. The minimum absolute atomic E-state index is 0.544. The van der Waals surface area contributed by atoms with Gasteiger partial charge in [0.05, 0.1) is 5.71 Å². The van der Waals surface area contributed by atoms with Gasteiger partial charge in [0, 0.05) is 10.7 Å². The van der Waals surface area contributed by atoms with E-state index in [2.05, 4.69) is 15.3 Å². The van der Waals surface area contributed by atoms with Gasteiger partial charge in [0.1, 0.15) is 0 Å². The fraction of sp³-hybridized carbons (Fsp3) is 0.200. The molecule has 1 aromatic rings. The van der Waals surface area contributed by atoms with Crippen molar-refractivity contribution in [3.63, 3.8) is 0 Å². The second kappa shape index (κ2) is 5.36. The predicted molar refractivity (Wildman–Crippen MR) is 60.3 cm³/mol. The molecule has 80 valence electrons. The molecule has 0 aromatic heterocycles. The van der Waals surface area contributed by atoms with Gasteiger partial charge in [0.15, 0.2) is 0 Å². The number of oxime groups is 1. The molecule has 0 heterocycles. The van der Waals surface area contributed by atoms with E-state index in [0.29, 0.717) is 16.4 Å². The van der Waals surface area contributed by atoms with Crippen molar-refractivity contribution in [2.75, 3.05) is 5.32 Å². The summed E-state index contributed by atoms with van der Waals surface area (Å²) >= 11 is 5.74. The maximum Gasteiger partial charge on any atom is 0.437 e. The highest BCUT2D eigenvalue weighted by Crippen LogP contribution is 2.14. The van der Waals surface area contributed by atoms with Crippen LogP contribution in [0, 0.1) is 0 Å². The van der Waals surface area contributed by atoms with Crippen LogP contribution >= 0.6 is 11.6 Å². The Kier molecular flexibility index (Phi) is 4.12. The van der Waals surface area contributed by atoms with Crippen LogP contribution in [0.5, 0.6) is 0 Å². The van der Waals surface area contributed by atoms with E-state index in [4.69, 9.17) is 11.6 Å². The number of halogens is 1. The molecule has 0 saturated heterocycles. The third-order valence-electron chi connectivity index (χ3n) is 1.38. The molecule has 4 nitrogen and oxygen atoms in total. The van der Waals surface area contributed by atoms with Crippen molar-refractivity contribution in [1.82, 2.24) is 0 Å². The fourth-order valence-corrected chi connectivity index (χ4v) is 1.03. The van der Waals surface area contributed by atoms with Crippen LogP contribution in [-0.4, -0.2) is 11.8 Å². The number of nitrogens with one attached hydrogen (secondary N) is 1. The molecule has 1 amide bonds. The van der Waals surface area contributed by atoms with Gasteiger partial charge in [0.2, 0.25) is 0 Å². The summed E-state index contributed by atoms with van der Waals surface area (Å²) in [5.41, 5.74) is 1.23. The third kappa shape index (κ3) is 4.46. The summed E-state index contributed by atoms with van der Waals surface area (Å²) in [4.78, 5) is 15.7. The summed E-state index contributed by atoms with van der Waals surface area (Å²) in [6, 6.07) is 6.76. The summed E-state index contributed by atoms with van der Waals surface area (Å²) in [6.07, 6.45) is -0.640. The van der Waals surface area contributed by atoms with Gasteiger partial charge in [-0.25, -0.2) is 4.79 Å². The largest absolute Gasteiger partial charge is 0.437 e. The van der Waals surface area contributed by atoms with Crippen molar-refractivity contribution in [2.24, 2.45) is 5.16 Å². The summed E-state index contributed by atoms with van der Waals surface area (Å²) in [6.45, 7) is 3.46. The first-order valence-electron chi connectivity index (χ1n) is 4.32. The molecular formula is C10H11ClN2O2. The molecule has 0 fully saturated rings. The summed E-state index contributed by atoms with van der Waals surface area (Å²) in [5, 5.41) is 6.54. The molecule has 0 aliphatic rings. The van der Waals surface area contributed by atoms with E-state index in [9.17, 15) is 4.79 Å². The lowest BCUT2D eigenvalue weighted by molar-refractivity contribution is 0.166. The molecule has 0 unspecified atom stereocenters. The molecule has 1 N–H and O–H groups in total. The van der Waals surface area contributed by atoms with Gasteiger partial charge in [-0.2, -0.15) is 0 Å². The van der Waals surface area contributed by atoms with Crippen LogP contribution in [0.4, 0.5) is 10.5 Å². The molecule has 0 spiro atoms. The standard InChI is InChI=1S/C10H11ClN2O2/c1-7(2)13-15-10(14)12-9-5-3-4-8(11)6-9/h3-6H,1-2H3,(H,12,14). The van der Waals surface area contributed by atoms with Gasteiger partial charge in [0.25, 0.3) is 0 Å². The quantitative estimate of drug-likeness (QED) is 0.478. The van der Waals surface area contributed by atoms with Gasteiger partial charge in [-0.05, 0) is 32.0 Å². The van der Waals surface area contributed by atoms with Crippen LogP contribution in [0.2, 0.25) is 5.02 Å². The zero-order valence-electron chi connectivity index (χ0n) is 8.45. The summed E-state index contributed by atoms with van der Waals surface area (Å²) in [5.74, 6) is 0. The van der Waals surface area contributed by atoms with Crippen molar-refractivity contribution in [3.05, 3.63) is 29.3 Å². The fourth-order valence-electron chi connectivity index (χ4n) is 0.840. The van der Waals surface area contributed by atoms with E-state index in [1.807, 2.05) is 0 Å². The lowest BCUT2D eigenvalue weighted by atomic mass is 10.3. The Morgan fingerprint density at radius 1 is 1.47 bits per heavy atom. The second-order valence-corrected chi connectivity index (χ2v) is 3.49. The van der Waals surface area contributed by atoms with E-state index in [1.165, 1.54) is 0 Å². The Hall–Kier alpha value is -1.55. The molecular weight excluding hydrogens is 216 g/mol. The Balaban J connectivity index is 2.55. The SMILES string of the molecule is CC(C)=NOC(=O)Nc1cccc(Cl)c1. The summed E-state index contributed by atoms with van der Waals surface area (Å²) in [7, 11) is 0. The number of nitrogens with zero attached hydrogens (tertiary/aromatic N) is 1. The van der Waals surface area contributed by atoms with Crippen LogP contribution in [-0.2, 0) is 4.84 Å². The second-order valence-electron chi connectivity index (χ2n) is 3.05. The lowest BCUT2D eigenvalue weighted by Crippen LogP contribution is -2.11. The van der Waals surface area contributed by atoms with Crippen LogP contribution < -0.4 is 5.32 Å². The normalized spacial score (nSPS) is 9.27. The topological polar surface area (TPSA) is 50.7 Å². The average molecular weight is 227 g/mol. The summed E-state index contributed by atoms with van der Waals surface area (Å²) < 4.78 is 0. The molecule has 1 rings (SSSR count). The molecule has 5 heteroatoms. The zero-order valence-corrected chi connectivity index (χ0v) is 9.21. The average Bonchev–Trinajstić information content (AvgIpc) is 2.15. The molecule has 0 bridgehead atoms. The van der Waals surface area contributed by atoms with Gasteiger partial charge in [-0.15, -0.1) is 0 Å². The van der Waals surface area contributed by atoms with Crippen LogP contribution in [0.25, 0.3) is 0 Å². The number of carbonyl (C=O) groups excluding carboxylic acids is 1. The molecule has 0 saturated carbocycles. The molecule has 0 atom stereocenters. The minimum atomic E-state index is -0.640. The molecule has 15 heavy (non-hydrogen) atoms. The number of hydrogen-bond acceptors (Lipinski definition) is 3. The van der Waals surface area contributed by atoms with Gasteiger partial charge < -0.3 is 0 Å². The highest BCUT2D eigenvalue weighted by Gasteiger charge is 2.02. The van der Waals surface area contributed by atoms with E-state index in [-0.39, 0.29) is 0 Å². The van der Waals surface area contributed by atoms with Crippen LogP contribution in [0.15, 0.2) is 29.4 Å².